The van der Waals surface area contributed by atoms with Gasteiger partial charge in [-0.05, 0) is 44.2 Å². The van der Waals surface area contributed by atoms with Crippen LogP contribution in [0.25, 0.3) is 0 Å². The average molecular weight is 334 g/mol. The van der Waals surface area contributed by atoms with Gasteiger partial charge in [-0.3, -0.25) is 15.0 Å². The number of nitro benzene ring substituents is 1. The van der Waals surface area contributed by atoms with Crippen molar-refractivity contribution in [3.05, 3.63) is 27.8 Å². The second-order valence-corrected chi connectivity index (χ2v) is 6.82. The zero-order valence-corrected chi connectivity index (χ0v) is 14.5. The fourth-order valence-corrected chi connectivity index (χ4v) is 4.35. The largest absolute Gasteiger partial charge is 0.493 e. The molecule has 0 aromatic heterocycles. The Labute approximate surface area is 142 Å². The molecule has 0 amide bonds. The van der Waals surface area contributed by atoms with E-state index in [9.17, 15) is 10.1 Å². The number of likely N-dealkylation sites (tertiary alicyclic amines) is 1. The molecule has 0 unspecified atom stereocenters. The SMILES string of the molecule is COc1cc(CN2CCC[C@@H]3CCCC[C@@H]32)c([N+](=O)[O-])cc1OC. The molecule has 2 aliphatic rings. The minimum Gasteiger partial charge on any atom is -0.493 e. The summed E-state index contributed by atoms with van der Waals surface area (Å²) in [5.41, 5.74) is 0.828. The molecule has 0 bridgehead atoms. The molecule has 6 heteroatoms. The van der Waals surface area contributed by atoms with E-state index in [1.54, 1.807) is 13.2 Å². The Kier molecular flexibility index (Phi) is 5.23. The summed E-state index contributed by atoms with van der Waals surface area (Å²) in [6.45, 7) is 1.63. The van der Waals surface area contributed by atoms with Gasteiger partial charge in [0.25, 0.3) is 5.69 Å². The quantitative estimate of drug-likeness (QED) is 0.606. The van der Waals surface area contributed by atoms with Crippen LogP contribution in [-0.4, -0.2) is 36.6 Å². The smallest absolute Gasteiger partial charge is 0.277 e. The van der Waals surface area contributed by atoms with Gasteiger partial charge in [-0.1, -0.05) is 12.8 Å². The van der Waals surface area contributed by atoms with E-state index in [4.69, 9.17) is 9.47 Å². The summed E-state index contributed by atoms with van der Waals surface area (Å²) in [4.78, 5) is 13.6. The summed E-state index contributed by atoms with van der Waals surface area (Å²) in [6, 6.07) is 3.82. The highest BCUT2D eigenvalue weighted by molar-refractivity contribution is 5.54. The van der Waals surface area contributed by atoms with Crippen LogP contribution < -0.4 is 9.47 Å². The first-order valence-electron chi connectivity index (χ1n) is 8.77. The molecule has 1 aromatic rings. The summed E-state index contributed by atoms with van der Waals surface area (Å²) in [5, 5.41) is 11.5. The second-order valence-electron chi connectivity index (χ2n) is 6.82. The second kappa shape index (κ2) is 7.38. The lowest BCUT2D eigenvalue weighted by Crippen LogP contribution is -2.46. The monoisotopic (exact) mass is 334 g/mol. The Morgan fingerprint density at radius 1 is 1.12 bits per heavy atom. The van der Waals surface area contributed by atoms with Crippen molar-refractivity contribution in [2.75, 3.05) is 20.8 Å². The molecule has 3 rings (SSSR count). The predicted molar refractivity (Wildman–Crippen MR) is 91.6 cm³/mol. The van der Waals surface area contributed by atoms with Crippen LogP contribution in [0.3, 0.4) is 0 Å². The van der Waals surface area contributed by atoms with Gasteiger partial charge in [-0.25, -0.2) is 0 Å². The van der Waals surface area contributed by atoms with E-state index in [0.717, 1.165) is 12.5 Å². The molecule has 0 radical (unpaired) electrons. The topological polar surface area (TPSA) is 64.8 Å². The van der Waals surface area contributed by atoms with E-state index in [1.165, 1.54) is 51.7 Å². The van der Waals surface area contributed by atoms with Crippen LogP contribution in [0.15, 0.2) is 12.1 Å². The highest BCUT2D eigenvalue weighted by atomic mass is 16.6. The third kappa shape index (κ3) is 3.34. The van der Waals surface area contributed by atoms with E-state index in [-0.39, 0.29) is 10.6 Å². The minimum absolute atomic E-state index is 0.116. The van der Waals surface area contributed by atoms with Gasteiger partial charge in [-0.15, -0.1) is 0 Å². The first kappa shape index (κ1) is 17.0. The fraction of sp³-hybridized carbons (Fsp3) is 0.667. The molecule has 1 aromatic carbocycles. The van der Waals surface area contributed by atoms with Crippen molar-refractivity contribution in [1.29, 1.82) is 0 Å². The molecule has 1 heterocycles. The van der Waals surface area contributed by atoms with Crippen molar-refractivity contribution in [2.45, 2.75) is 51.1 Å². The van der Waals surface area contributed by atoms with Crippen molar-refractivity contribution >= 4 is 5.69 Å². The molecule has 0 N–H and O–H groups in total. The first-order chi connectivity index (χ1) is 11.6. The van der Waals surface area contributed by atoms with Crippen molar-refractivity contribution in [2.24, 2.45) is 5.92 Å². The van der Waals surface area contributed by atoms with E-state index in [1.807, 2.05) is 0 Å². The van der Waals surface area contributed by atoms with Crippen molar-refractivity contribution in [3.63, 3.8) is 0 Å². The molecule has 1 aliphatic carbocycles. The number of rotatable bonds is 5. The Bertz CT molecular complexity index is 603. The molecule has 1 saturated carbocycles. The van der Waals surface area contributed by atoms with Crippen LogP contribution in [0.2, 0.25) is 0 Å². The molecule has 6 nitrogen and oxygen atoms in total. The molecule has 1 aliphatic heterocycles. The van der Waals surface area contributed by atoms with Crippen LogP contribution >= 0.6 is 0 Å². The average Bonchev–Trinajstić information content (AvgIpc) is 2.61. The molecular formula is C18H26N2O4. The van der Waals surface area contributed by atoms with Crippen LogP contribution in [-0.2, 0) is 6.54 Å². The van der Waals surface area contributed by atoms with E-state index < -0.39 is 0 Å². The van der Waals surface area contributed by atoms with Crippen LogP contribution in [0.4, 0.5) is 5.69 Å². The number of hydrogen-bond donors (Lipinski definition) is 0. The predicted octanol–water partition coefficient (Wildman–Crippen LogP) is 3.77. The zero-order valence-electron chi connectivity index (χ0n) is 14.5. The molecule has 2 atom stereocenters. The Morgan fingerprint density at radius 3 is 2.50 bits per heavy atom. The van der Waals surface area contributed by atoms with Crippen LogP contribution in [0, 0.1) is 16.0 Å². The third-order valence-electron chi connectivity index (χ3n) is 5.51. The standard InChI is InChI=1S/C18H26N2O4/c1-23-17-10-14(16(20(21)22)11-18(17)24-2)12-19-9-5-7-13-6-3-4-8-15(13)19/h10-11,13,15H,3-9,12H2,1-2H3/t13-,15-/m0/s1. The Morgan fingerprint density at radius 2 is 1.79 bits per heavy atom. The van der Waals surface area contributed by atoms with Gasteiger partial charge >= 0.3 is 0 Å². The number of fused-ring (bicyclic) bond motifs is 1. The van der Waals surface area contributed by atoms with Gasteiger partial charge in [-0.2, -0.15) is 0 Å². The Balaban J connectivity index is 1.88. The number of hydrogen-bond acceptors (Lipinski definition) is 5. The van der Waals surface area contributed by atoms with Crippen LogP contribution in [0.5, 0.6) is 11.5 Å². The van der Waals surface area contributed by atoms with Gasteiger partial charge in [0.1, 0.15) is 0 Å². The van der Waals surface area contributed by atoms with E-state index in [0.29, 0.717) is 29.6 Å². The third-order valence-corrected chi connectivity index (χ3v) is 5.51. The lowest BCUT2D eigenvalue weighted by atomic mass is 9.78. The number of benzene rings is 1. The number of methoxy groups -OCH3 is 2. The maximum Gasteiger partial charge on any atom is 0.277 e. The minimum atomic E-state index is -0.320. The van der Waals surface area contributed by atoms with Crippen molar-refractivity contribution < 1.29 is 14.4 Å². The lowest BCUT2D eigenvalue weighted by molar-refractivity contribution is -0.385. The molecule has 0 spiro atoms. The summed E-state index contributed by atoms with van der Waals surface area (Å²) in [7, 11) is 3.06. The summed E-state index contributed by atoms with van der Waals surface area (Å²) >= 11 is 0. The maximum atomic E-state index is 11.5. The molecular weight excluding hydrogens is 308 g/mol. The Hall–Kier alpha value is -1.82. The lowest BCUT2D eigenvalue weighted by Gasteiger charge is -2.44. The van der Waals surface area contributed by atoms with Gasteiger partial charge < -0.3 is 9.47 Å². The summed E-state index contributed by atoms with van der Waals surface area (Å²) in [6.07, 6.45) is 7.59. The van der Waals surface area contributed by atoms with Crippen molar-refractivity contribution in [1.82, 2.24) is 4.90 Å². The first-order valence-corrected chi connectivity index (χ1v) is 8.77. The summed E-state index contributed by atoms with van der Waals surface area (Å²) in [5.74, 6) is 1.71. The van der Waals surface area contributed by atoms with E-state index >= 15 is 0 Å². The molecule has 1 saturated heterocycles. The number of piperidine rings is 1. The molecule has 24 heavy (non-hydrogen) atoms. The van der Waals surface area contributed by atoms with E-state index in [2.05, 4.69) is 4.90 Å². The highest BCUT2D eigenvalue weighted by Gasteiger charge is 2.34. The van der Waals surface area contributed by atoms with Gasteiger partial charge in [0.2, 0.25) is 0 Å². The van der Waals surface area contributed by atoms with Crippen LogP contribution in [0.1, 0.15) is 44.1 Å². The fourth-order valence-electron chi connectivity index (χ4n) is 4.35. The zero-order chi connectivity index (χ0) is 17.1. The van der Waals surface area contributed by atoms with Gasteiger partial charge in [0.15, 0.2) is 11.5 Å². The van der Waals surface area contributed by atoms with Gasteiger partial charge in [0.05, 0.1) is 25.2 Å². The van der Waals surface area contributed by atoms with Crippen molar-refractivity contribution in [3.8, 4) is 11.5 Å². The molecule has 132 valence electrons. The molecule has 2 fully saturated rings. The number of ether oxygens (including phenoxy) is 2. The normalized spacial score (nSPS) is 24.2. The maximum absolute atomic E-state index is 11.5. The number of nitrogens with zero attached hydrogens (tertiary/aromatic N) is 2. The number of nitro groups is 1. The van der Waals surface area contributed by atoms with Gasteiger partial charge in [0, 0.05) is 18.2 Å². The highest BCUT2D eigenvalue weighted by Crippen LogP contribution is 2.39. The summed E-state index contributed by atoms with van der Waals surface area (Å²) < 4.78 is 10.6.